The molecule has 0 N–H and O–H groups in total. The van der Waals surface area contributed by atoms with E-state index in [0.717, 1.165) is 5.69 Å². The Kier molecular flexibility index (Phi) is 4.06. The van der Waals surface area contributed by atoms with E-state index in [-0.39, 0.29) is 24.2 Å². The van der Waals surface area contributed by atoms with Gasteiger partial charge in [-0.25, -0.2) is 0 Å². The van der Waals surface area contributed by atoms with Gasteiger partial charge in [0.2, 0.25) is 6.10 Å². The molecule has 1 fully saturated rings. The minimum Gasteiger partial charge on any atom is -0.486 e. The fourth-order valence-electron chi connectivity index (χ4n) is 3.03. The first-order valence-corrected chi connectivity index (χ1v) is 8.53. The highest BCUT2D eigenvalue weighted by Gasteiger charge is 2.38. The Morgan fingerprint density at radius 2 is 1.92 bits per heavy atom. The van der Waals surface area contributed by atoms with E-state index in [0.29, 0.717) is 30.3 Å². The first-order chi connectivity index (χ1) is 12.5. The summed E-state index contributed by atoms with van der Waals surface area (Å²) in [7, 11) is 1.72. The van der Waals surface area contributed by atoms with E-state index >= 15 is 0 Å². The second kappa shape index (κ2) is 6.40. The van der Waals surface area contributed by atoms with Crippen molar-refractivity contribution >= 4 is 5.91 Å². The predicted octanol–water partition coefficient (Wildman–Crippen LogP) is 1.12. The molecular weight excluding hydrogens is 336 g/mol. The van der Waals surface area contributed by atoms with Crippen LogP contribution in [0.5, 0.6) is 17.2 Å². The van der Waals surface area contributed by atoms with Gasteiger partial charge in [-0.1, -0.05) is 12.1 Å². The molecule has 3 heterocycles. The molecule has 4 rings (SSSR count). The minimum absolute atomic E-state index is 0.112. The number of hydrogen-bond acceptors (Lipinski definition) is 5. The summed E-state index contributed by atoms with van der Waals surface area (Å²) in [6.45, 7) is 2.98. The Bertz CT molecular complexity index is 901. The number of para-hydroxylation sites is 2. The third kappa shape index (κ3) is 3.00. The molecular formula is C19H20N2O5. The molecule has 136 valence electrons. The number of fused-ring (bicyclic) bond motifs is 1. The number of aromatic nitrogens is 1. The van der Waals surface area contributed by atoms with Crippen LogP contribution in [0, 0.1) is 6.92 Å². The molecule has 1 saturated heterocycles. The maximum absolute atomic E-state index is 12.6. The van der Waals surface area contributed by atoms with Crippen LogP contribution in [0.2, 0.25) is 0 Å². The van der Waals surface area contributed by atoms with Crippen LogP contribution in [-0.2, 0) is 11.8 Å². The summed E-state index contributed by atoms with van der Waals surface area (Å²) in [5.41, 5.74) is 0.713. The fourth-order valence-corrected chi connectivity index (χ4v) is 3.03. The smallest absolute Gasteiger partial charge is 0.267 e. The van der Waals surface area contributed by atoms with E-state index < -0.39 is 6.10 Å². The van der Waals surface area contributed by atoms with Gasteiger partial charge in [0.25, 0.3) is 11.5 Å². The molecule has 2 aromatic rings. The lowest BCUT2D eigenvalue weighted by atomic mass is 10.1. The van der Waals surface area contributed by atoms with Crippen LogP contribution in [0.1, 0.15) is 5.69 Å². The van der Waals surface area contributed by atoms with Crippen LogP contribution in [-0.4, -0.2) is 47.3 Å². The van der Waals surface area contributed by atoms with Crippen molar-refractivity contribution in [2.45, 2.75) is 19.1 Å². The minimum atomic E-state index is -0.642. The second-order valence-electron chi connectivity index (χ2n) is 6.58. The molecule has 0 spiro atoms. The van der Waals surface area contributed by atoms with E-state index in [2.05, 4.69) is 0 Å². The number of rotatable bonds is 3. The van der Waals surface area contributed by atoms with Crippen LogP contribution < -0.4 is 19.8 Å². The van der Waals surface area contributed by atoms with Gasteiger partial charge in [-0.05, 0) is 25.1 Å². The highest BCUT2D eigenvalue weighted by atomic mass is 16.6. The molecule has 1 aromatic carbocycles. The monoisotopic (exact) mass is 356 g/mol. The normalized spacial score (nSPS) is 19.0. The average molecular weight is 356 g/mol. The molecule has 7 nitrogen and oxygen atoms in total. The van der Waals surface area contributed by atoms with Crippen LogP contribution in [0.15, 0.2) is 41.2 Å². The zero-order valence-electron chi connectivity index (χ0n) is 14.7. The molecule has 7 heteroatoms. The number of likely N-dealkylation sites (tertiary alicyclic amines) is 1. The van der Waals surface area contributed by atoms with Crippen molar-refractivity contribution in [1.29, 1.82) is 0 Å². The number of benzene rings is 1. The lowest BCUT2D eigenvalue weighted by Gasteiger charge is -2.41. The number of carbonyl (C=O) groups excluding carboxylic acids is 1. The lowest BCUT2D eigenvalue weighted by Crippen LogP contribution is -2.60. The fraction of sp³-hybridized carbons (Fsp3) is 0.368. The number of aryl methyl sites for hydroxylation is 1. The van der Waals surface area contributed by atoms with Crippen LogP contribution in [0.3, 0.4) is 0 Å². The molecule has 26 heavy (non-hydrogen) atoms. The van der Waals surface area contributed by atoms with Crippen molar-refractivity contribution in [3.63, 3.8) is 0 Å². The van der Waals surface area contributed by atoms with E-state index in [1.165, 1.54) is 6.07 Å². The summed E-state index contributed by atoms with van der Waals surface area (Å²) < 4.78 is 18.7. The second-order valence-corrected chi connectivity index (χ2v) is 6.58. The molecule has 1 aromatic heterocycles. The maximum Gasteiger partial charge on any atom is 0.267 e. The van der Waals surface area contributed by atoms with Crippen molar-refractivity contribution in [2.24, 2.45) is 7.05 Å². The van der Waals surface area contributed by atoms with Crippen LogP contribution in [0.4, 0.5) is 0 Å². The highest BCUT2D eigenvalue weighted by molar-refractivity contribution is 5.82. The van der Waals surface area contributed by atoms with E-state index in [4.69, 9.17) is 14.2 Å². The van der Waals surface area contributed by atoms with Crippen molar-refractivity contribution in [1.82, 2.24) is 9.47 Å². The SMILES string of the molecule is Cc1cc(OC2CN(C(=O)C3COc4ccccc4O3)C2)cc(=O)n1C. The van der Waals surface area contributed by atoms with Crippen LogP contribution in [0.25, 0.3) is 0 Å². The molecule has 0 aliphatic carbocycles. The molecule has 0 saturated carbocycles. The Morgan fingerprint density at radius 3 is 2.65 bits per heavy atom. The van der Waals surface area contributed by atoms with Gasteiger partial charge in [0.1, 0.15) is 18.5 Å². The number of pyridine rings is 1. The molecule has 0 radical (unpaired) electrons. The molecule has 0 bridgehead atoms. The van der Waals surface area contributed by atoms with E-state index in [1.807, 2.05) is 31.2 Å². The Hall–Kier alpha value is -2.96. The number of carbonyl (C=O) groups is 1. The maximum atomic E-state index is 12.6. The van der Waals surface area contributed by atoms with Gasteiger partial charge in [0, 0.05) is 18.8 Å². The van der Waals surface area contributed by atoms with Crippen molar-refractivity contribution < 1.29 is 19.0 Å². The molecule has 2 aliphatic heterocycles. The van der Waals surface area contributed by atoms with Gasteiger partial charge in [0.05, 0.1) is 13.1 Å². The Morgan fingerprint density at radius 1 is 1.19 bits per heavy atom. The van der Waals surface area contributed by atoms with Crippen molar-refractivity contribution in [2.75, 3.05) is 19.7 Å². The summed E-state index contributed by atoms with van der Waals surface area (Å²) in [5, 5.41) is 0. The van der Waals surface area contributed by atoms with Gasteiger partial charge in [-0.2, -0.15) is 0 Å². The van der Waals surface area contributed by atoms with Gasteiger partial charge in [-0.15, -0.1) is 0 Å². The summed E-state index contributed by atoms with van der Waals surface area (Å²) in [6, 6.07) is 10.6. The predicted molar refractivity (Wildman–Crippen MR) is 93.8 cm³/mol. The number of ether oxygens (including phenoxy) is 3. The number of hydrogen-bond donors (Lipinski definition) is 0. The van der Waals surface area contributed by atoms with E-state index in [9.17, 15) is 9.59 Å². The Balaban J connectivity index is 1.34. The van der Waals surface area contributed by atoms with Gasteiger partial charge < -0.3 is 23.7 Å². The Labute approximate surface area is 150 Å². The summed E-state index contributed by atoms with van der Waals surface area (Å²) >= 11 is 0. The van der Waals surface area contributed by atoms with Crippen LogP contribution >= 0.6 is 0 Å². The van der Waals surface area contributed by atoms with Gasteiger partial charge in [-0.3, -0.25) is 9.59 Å². The molecule has 1 amide bonds. The third-order valence-corrected chi connectivity index (χ3v) is 4.72. The lowest BCUT2D eigenvalue weighted by molar-refractivity contribution is -0.150. The molecule has 1 atom stereocenters. The largest absolute Gasteiger partial charge is 0.486 e. The third-order valence-electron chi connectivity index (χ3n) is 4.72. The van der Waals surface area contributed by atoms with Gasteiger partial charge >= 0.3 is 0 Å². The number of amides is 1. The topological polar surface area (TPSA) is 70.0 Å². The standard InChI is InChI=1S/C19H20N2O5/c1-12-7-13(8-18(22)20(12)2)25-14-9-21(10-14)19(23)17-11-24-15-5-3-4-6-16(15)26-17/h3-8,14,17H,9-11H2,1-2H3. The molecule has 1 unspecified atom stereocenters. The summed E-state index contributed by atoms with van der Waals surface area (Å²) in [4.78, 5) is 26.1. The van der Waals surface area contributed by atoms with Gasteiger partial charge in [0.15, 0.2) is 11.5 Å². The number of nitrogens with zero attached hydrogens (tertiary/aromatic N) is 2. The van der Waals surface area contributed by atoms with Crippen molar-refractivity contribution in [3.8, 4) is 17.2 Å². The first kappa shape index (κ1) is 16.5. The van der Waals surface area contributed by atoms with Crippen molar-refractivity contribution in [3.05, 3.63) is 52.4 Å². The highest BCUT2D eigenvalue weighted by Crippen LogP contribution is 2.31. The summed E-state index contributed by atoms with van der Waals surface area (Å²) in [5.74, 6) is 1.66. The summed E-state index contributed by atoms with van der Waals surface area (Å²) in [6.07, 6.45) is -0.764. The van der Waals surface area contributed by atoms with E-state index in [1.54, 1.807) is 22.6 Å². The quantitative estimate of drug-likeness (QED) is 0.824. The average Bonchev–Trinajstić information content (AvgIpc) is 2.61. The first-order valence-electron chi connectivity index (χ1n) is 8.53. The zero-order valence-corrected chi connectivity index (χ0v) is 14.7. The zero-order chi connectivity index (χ0) is 18.3. The molecule has 2 aliphatic rings.